The van der Waals surface area contributed by atoms with Gasteiger partial charge in [-0.2, -0.15) is 0 Å². The van der Waals surface area contributed by atoms with Crippen LogP contribution in [0.1, 0.15) is 17.7 Å². The summed E-state index contributed by atoms with van der Waals surface area (Å²) in [6.45, 7) is 0. The molecule has 0 N–H and O–H groups in total. The molecule has 0 saturated heterocycles. The van der Waals surface area contributed by atoms with E-state index in [4.69, 9.17) is 8.83 Å². The van der Waals surface area contributed by atoms with Gasteiger partial charge in [0.25, 0.3) is 0 Å². The molecule has 0 saturated carbocycles. The average Bonchev–Trinajstić information content (AvgIpc) is 3.78. The molecular formula is C50H32O2. The fourth-order valence-electron chi connectivity index (χ4n) is 8.54. The second-order valence-corrected chi connectivity index (χ2v) is 13.9. The van der Waals surface area contributed by atoms with E-state index in [9.17, 15) is 0 Å². The quantitative estimate of drug-likeness (QED) is 0.175. The van der Waals surface area contributed by atoms with E-state index in [0.717, 1.165) is 46.1 Å². The van der Waals surface area contributed by atoms with Gasteiger partial charge in [0.05, 0.1) is 0 Å². The summed E-state index contributed by atoms with van der Waals surface area (Å²) < 4.78 is 12.4. The minimum Gasteiger partial charge on any atom is -0.460 e. The van der Waals surface area contributed by atoms with Gasteiger partial charge >= 0.3 is 0 Å². The molecule has 10 aromatic rings. The van der Waals surface area contributed by atoms with E-state index in [1.807, 2.05) is 12.1 Å². The van der Waals surface area contributed by atoms with Gasteiger partial charge in [-0.1, -0.05) is 140 Å². The maximum Gasteiger partial charge on any atom is 0.135 e. The molecule has 52 heavy (non-hydrogen) atoms. The molecule has 0 aliphatic heterocycles. The second kappa shape index (κ2) is 11.4. The highest BCUT2D eigenvalue weighted by molar-refractivity contribution is 6.22. The highest BCUT2D eigenvalue weighted by Crippen LogP contribution is 2.47. The van der Waals surface area contributed by atoms with Crippen molar-refractivity contribution in [3.8, 4) is 44.5 Å². The van der Waals surface area contributed by atoms with E-state index in [2.05, 4.69) is 158 Å². The highest BCUT2D eigenvalue weighted by Gasteiger charge is 2.20. The van der Waals surface area contributed by atoms with E-state index in [-0.39, 0.29) is 0 Å². The summed E-state index contributed by atoms with van der Waals surface area (Å²) in [4.78, 5) is 0. The van der Waals surface area contributed by atoms with Crippen molar-refractivity contribution in [2.75, 3.05) is 0 Å². The average molecular weight is 665 g/mol. The standard InChI is InChI=1S/C50H32O2/c1-2-14-38(35(11-1)34-26-28-48-44(30-34)37-13-8-10-20-46(37)52-48)50-41-17-5-3-15-39(41)49(40-16-4-6-18-42(40)50)32-23-21-31(22-24-32)33-25-27-47-43(29-33)36-12-7-9-19-45(36)51-47/h1-8,10-18,20-30H,9,19H2. The molecule has 1 aliphatic rings. The zero-order valence-electron chi connectivity index (χ0n) is 28.4. The third-order valence-corrected chi connectivity index (χ3v) is 10.9. The van der Waals surface area contributed by atoms with Gasteiger partial charge in [-0.25, -0.2) is 0 Å². The summed E-state index contributed by atoms with van der Waals surface area (Å²) in [5, 5.41) is 8.44. The van der Waals surface area contributed by atoms with Crippen molar-refractivity contribution in [1.29, 1.82) is 0 Å². The minimum atomic E-state index is 0.909. The van der Waals surface area contributed by atoms with Crippen molar-refractivity contribution in [3.63, 3.8) is 0 Å². The smallest absolute Gasteiger partial charge is 0.135 e. The van der Waals surface area contributed by atoms with Crippen LogP contribution in [0, 0.1) is 0 Å². The van der Waals surface area contributed by atoms with E-state index >= 15 is 0 Å². The Kier molecular flexibility index (Phi) is 6.41. The molecule has 2 nitrogen and oxygen atoms in total. The van der Waals surface area contributed by atoms with Crippen molar-refractivity contribution in [2.45, 2.75) is 12.8 Å². The lowest BCUT2D eigenvalue weighted by molar-refractivity contribution is 0.546. The lowest BCUT2D eigenvalue weighted by Gasteiger charge is -2.20. The van der Waals surface area contributed by atoms with Gasteiger partial charge in [-0.05, 0) is 103 Å². The summed E-state index contributed by atoms with van der Waals surface area (Å²) >= 11 is 0. The normalized spacial score (nSPS) is 12.8. The first-order valence-electron chi connectivity index (χ1n) is 18.1. The molecule has 0 unspecified atom stereocenters. The first-order chi connectivity index (χ1) is 25.8. The largest absolute Gasteiger partial charge is 0.460 e. The molecule has 0 bridgehead atoms. The highest BCUT2D eigenvalue weighted by atomic mass is 16.3. The van der Waals surface area contributed by atoms with Crippen LogP contribution in [0.2, 0.25) is 0 Å². The minimum absolute atomic E-state index is 0.909. The van der Waals surface area contributed by atoms with Gasteiger partial charge in [0.15, 0.2) is 0 Å². The molecule has 11 rings (SSSR count). The summed E-state index contributed by atoms with van der Waals surface area (Å²) in [5.74, 6) is 1.10. The number of rotatable bonds is 4. The molecule has 0 amide bonds. The number of hydrogen-bond donors (Lipinski definition) is 0. The van der Waals surface area contributed by atoms with Crippen molar-refractivity contribution in [3.05, 3.63) is 175 Å². The third-order valence-electron chi connectivity index (χ3n) is 10.9. The Balaban J connectivity index is 1.08. The van der Waals surface area contributed by atoms with Gasteiger partial charge in [0.1, 0.15) is 22.5 Å². The van der Waals surface area contributed by atoms with Crippen LogP contribution in [0.15, 0.2) is 173 Å². The van der Waals surface area contributed by atoms with Crippen LogP contribution in [0.25, 0.3) is 105 Å². The fourth-order valence-corrected chi connectivity index (χ4v) is 8.54. The Morgan fingerprint density at radius 2 is 0.904 bits per heavy atom. The molecule has 1 aliphatic carbocycles. The van der Waals surface area contributed by atoms with E-state index in [0.29, 0.717) is 0 Å². The summed E-state index contributed by atoms with van der Waals surface area (Å²) in [6.07, 6.45) is 6.47. The number of fused-ring (bicyclic) bond motifs is 8. The molecular weight excluding hydrogens is 633 g/mol. The van der Waals surface area contributed by atoms with Crippen LogP contribution >= 0.6 is 0 Å². The number of para-hydroxylation sites is 1. The molecule has 2 aromatic heterocycles. The molecule has 2 heterocycles. The third kappa shape index (κ3) is 4.44. The molecule has 244 valence electrons. The van der Waals surface area contributed by atoms with Crippen LogP contribution in [0.5, 0.6) is 0 Å². The van der Waals surface area contributed by atoms with E-state index in [1.165, 1.54) is 77.0 Å². The SMILES string of the molecule is C1=Cc2c(oc3ccc(-c4ccc(-c5c6ccccc6c(-c6ccccc6-c6ccc7oc8ccccc8c7c6)c6ccccc56)cc4)cc23)CC1. The Bertz CT molecular complexity index is 3000. The van der Waals surface area contributed by atoms with Crippen LogP contribution < -0.4 is 0 Å². The first kappa shape index (κ1) is 29.1. The first-order valence-corrected chi connectivity index (χ1v) is 18.1. The number of hydrogen-bond acceptors (Lipinski definition) is 2. The number of furan rings is 2. The Hall–Kier alpha value is -6.64. The van der Waals surface area contributed by atoms with E-state index in [1.54, 1.807) is 0 Å². The molecule has 0 fully saturated rings. The van der Waals surface area contributed by atoms with Crippen molar-refractivity contribution < 1.29 is 8.83 Å². The molecule has 0 spiro atoms. The monoisotopic (exact) mass is 664 g/mol. The predicted octanol–water partition coefficient (Wildman–Crippen LogP) is 14.3. The van der Waals surface area contributed by atoms with Crippen molar-refractivity contribution >= 4 is 60.5 Å². The number of benzene rings is 8. The zero-order valence-corrected chi connectivity index (χ0v) is 28.4. The molecule has 8 aromatic carbocycles. The summed E-state index contributed by atoms with van der Waals surface area (Å²) in [7, 11) is 0. The molecule has 2 heteroatoms. The fraction of sp³-hybridized carbons (Fsp3) is 0.0400. The van der Waals surface area contributed by atoms with Crippen LogP contribution in [-0.2, 0) is 6.42 Å². The number of allylic oxidation sites excluding steroid dienone is 1. The van der Waals surface area contributed by atoms with Crippen LogP contribution in [-0.4, -0.2) is 0 Å². The summed E-state index contributed by atoms with van der Waals surface area (Å²) in [6, 6.07) is 57.2. The van der Waals surface area contributed by atoms with Gasteiger partial charge < -0.3 is 8.83 Å². The maximum absolute atomic E-state index is 6.19. The van der Waals surface area contributed by atoms with Crippen molar-refractivity contribution in [2.24, 2.45) is 0 Å². The van der Waals surface area contributed by atoms with Crippen LogP contribution in [0.4, 0.5) is 0 Å². The zero-order chi connectivity index (χ0) is 34.2. The van der Waals surface area contributed by atoms with Gasteiger partial charge in [0.2, 0.25) is 0 Å². The Morgan fingerprint density at radius 3 is 1.65 bits per heavy atom. The van der Waals surface area contributed by atoms with Crippen molar-refractivity contribution in [1.82, 2.24) is 0 Å². The maximum atomic E-state index is 6.19. The molecule has 0 atom stereocenters. The van der Waals surface area contributed by atoms with Gasteiger partial charge in [-0.3, -0.25) is 0 Å². The Morgan fingerprint density at radius 1 is 0.365 bits per heavy atom. The van der Waals surface area contributed by atoms with Crippen LogP contribution in [0.3, 0.4) is 0 Å². The second-order valence-electron chi connectivity index (χ2n) is 13.9. The van der Waals surface area contributed by atoms with Gasteiger partial charge in [-0.15, -0.1) is 0 Å². The predicted molar refractivity (Wildman–Crippen MR) is 218 cm³/mol. The molecule has 0 radical (unpaired) electrons. The number of aryl methyl sites for hydroxylation is 1. The Labute approximate surface area is 300 Å². The lowest BCUT2D eigenvalue weighted by atomic mass is 9.83. The summed E-state index contributed by atoms with van der Waals surface area (Å²) in [5.41, 5.74) is 13.7. The lowest BCUT2D eigenvalue weighted by Crippen LogP contribution is -1.92. The van der Waals surface area contributed by atoms with E-state index < -0.39 is 0 Å². The topological polar surface area (TPSA) is 26.3 Å². The van der Waals surface area contributed by atoms with Gasteiger partial charge in [0, 0.05) is 28.1 Å².